The van der Waals surface area contributed by atoms with Gasteiger partial charge in [-0.2, -0.15) is 4.68 Å². The fraction of sp³-hybridized carbons (Fsp3) is 0.176. The Hall–Kier alpha value is -2.74. The molecule has 0 fully saturated rings. The Bertz CT molecular complexity index is 874. The third kappa shape index (κ3) is 4.42. The van der Waals surface area contributed by atoms with E-state index in [2.05, 4.69) is 20.8 Å². The molecular weight excluding hydrogens is 341 g/mol. The lowest BCUT2D eigenvalue weighted by Crippen LogP contribution is -2.14. The second kappa shape index (κ2) is 7.43. The topological polar surface area (TPSA) is 72.7 Å². The first-order valence-electron chi connectivity index (χ1n) is 7.56. The van der Waals surface area contributed by atoms with Gasteiger partial charge >= 0.3 is 0 Å². The molecule has 6 nitrogen and oxygen atoms in total. The molecule has 1 heterocycles. The van der Waals surface area contributed by atoms with Crippen LogP contribution in [0.5, 0.6) is 0 Å². The number of halogens is 1. The highest BCUT2D eigenvalue weighted by Gasteiger charge is 2.12. The molecule has 0 aliphatic carbocycles. The maximum atomic E-state index is 13.0. The number of anilines is 1. The SMILES string of the molecule is Cc1cc(C)cc(NC(=O)CSc2nnnn2-c2ccc(F)cc2)c1. The number of aromatic nitrogens is 4. The smallest absolute Gasteiger partial charge is 0.234 e. The van der Waals surface area contributed by atoms with Crippen LogP contribution in [0.15, 0.2) is 47.6 Å². The van der Waals surface area contributed by atoms with Crippen molar-refractivity contribution in [1.29, 1.82) is 0 Å². The molecule has 25 heavy (non-hydrogen) atoms. The summed E-state index contributed by atoms with van der Waals surface area (Å²) in [4.78, 5) is 12.2. The van der Waals surface area contributed by atoms with E-state index in [4.69, 9.17) is 0 Å². The van der Waals surface area contributed by atoms with Crippen LogP contribution in [0.3, 0.4) is 0 Å². The van der Waals surface area contributed by atoms with E-state index in [1.54, 1.807) is 12.1 Å². The van der Waals surface area contributed by atoms with Gasteiger partial charge < -0.3 is 5.32 Å². The monoisotopic (exact) mass is 357 g/mol. The van der Waals surface area contributed by atoms with E-state index in [1.807, 2.05) is 32.0 Å². The van der Waals surface area contributed by atoms with Crippen molar-refractivity contribution in [2.24, 2.45) is 0 Å². The molecule has 1 aromatic heterocycles. The van der Waals surface area contributed by atoms with Gasteiger partial charge in [0, 0.05) is 5.69 Å². The summed E-state index contributed by atoms with van der Waals surface area (Å²) >= 11 is 1.21. The van der Waals surface area contributed by atoms with Gasteiger partial charge in [-0.3, -0.25) is 4.79 Å². The van der Waals surface area contributed by atoms with Crippen molar-refractivity contribution in [3.05, 3.63) is 59.4 Å². The van der Waals surface area contributed by atoms with Crippen LogP contribution in [0.25, 0.3) is 5.69 Å². The fourth-order valence-corrected chi connectivity index (χ4v) is 3.08. The summed E-state index contributed by atoms with van der Waals surface area (Å²) in [6, 6.07) is 11.7. The van der Waals surface area contributed by atoms with Gasteiger partial charge in [0.25, 0.3) is 0 Å². The largest absolute Gasteiger partial charge is 0.325 e. The summed E-state index contributed by atoms with van der Waals surface area (Å²) in [7, 11) is 0. The van der Waals surface area contributed by atoms with Gasteiger partial charge in [-0.25, -0.2) is 4.39 Å². The minimum atomic E-state index is -0.334. The molecule has 0 saturated carbocycles. The second-order valence-electron chi connectivity index (χ2n) is 5.56. The fourth-order valence-electron chi connectivity index (χ4n) is 2.39. The number of hydrogen-bond donors (Lipinski definition) is 1. The minimum Gasteiger partial charge on any atom is -0.325 e. The molecule has 1 N–H and O–H groups in total. The Morgan fingerprint density at radius 3 is 2.52 bits per heavy atom. The first-order valence-corrected chi connectivity index (χ1v) is 8.55. The van der Waals surface area contributed by atoms with E-state index in [0.717, 1.165) is 16.8 Å². The number of nitrogens with zero attached hydrogens (tertiary/aromatic N) is 4. The van der Waals surface area contributed by atoms with Crippen molar-refractivity contribution in [3.63, 3.8) is 0 Å². The molecule has 0 spiro atoms. The molecular formula is C17H16FN5OS. The average molecular weight is 357 g/mol. The predicted molar refractivity (Wildman–Crippen MR) is 94.4 cm³/mol. The Morgan fingerprint density at radius 1 is 1.16 bits per heavy atom. The summed E-state index contributed by atoms with van der Waals surface area (Å²) < 4.78 is 14.5. The molecule has 3 rings (SSSR count). The van der Waals surface area contributed by atoms with Gasteiger partial charge in [-0.1, -0.05) is 17.8 Å². The predicted octanol–water partition coefficient (Wildman–Crippen LogP) is 3.15. The Labute approximate surface area is 148 Å². The Morgan fingerprint density at radius 2 is 1.84 bits per heavy atom. The highest BCUT2D eigenvalue weighted by Crippen LogP contribution is 2.19. The number of hydrogen-bond acceptors (Lipinski definition) is 5. The van der Waals surface area contributed by atoms with E-state index in [-0.39, 0.29) is 17.5 Å². The second-order valence-corrected chi connectivity index (χ2v) is 6.51. The van der Waals surface area contributed by atoms with Crippen molar-refractivity contribution in [3.8, 4) is 5.69 Å². The number of amides is 1. The lowest BCUT2D eigenvalue weighted by molar-refractivity contribution is -0.113. The molecule has 128 valence electrons. The van der Waals surface area contributed by atoms with Gasteiger partial charge in [-0.05, 0) is 71.8 Å². The molecule has 0 radical (unpaired) electrons. The number of carbonyl (C=O) groups is 1. The van der Waals surface area contributed by atoms with Crippen LogP contribution < -0.4 is 5.32 Å². The first kappa shape index (κ1) is 17.1. The van der Waals surface area contributed by atoms with Crippen LogP contribution in [-0.2, 0) is 4.79 Å². The van der Waals surface area contributed by atoms with Crippen LogP contribution >= 0.6 is 11.8 Å². The Balaban J connectivity index is 1.65. The third-order valence-corrected chi connectivity index (χ3v) is 4.27. The van der Waals surface area contributed by atoms with Gasteiger partial charge in [0.2, 0.25) is 11.1 Å². The molecule has 2 aromatic carbocycles. The van der Waals surface area contributed by atoms with E-state index in [0.29, 0.717) is 10.8 Å². The number of aryl methyl sites for hydroxylation is 2. The molecule has 3 aromatic rings. The van der Waals surface area contributed by atoms with Gasteiger partial charge in [0.15, 0.2) is 0 Å². The lowest BCUT2D eigenvalue weighted by Gasteiger charge is -2.07. The van der Waals surface area contributed by atoms with E-state index >= 15 is 0 Å². The van der Waals surface area contributed by atoms with E-state index < -0.39 is 0 Å². The summed E-state index contributed by atoms with van der Waals surface area (Å²) in [6.45, 7) is 3.96. The van der Waals surface area contributed by atoms with Crippen molar-refractivity contribution in [2.45, 2.75) is 19.0 Å². The highest BCUT2D eigenvalue weighted by molar-refractivity contribution is 7.99. The van der Waals surface area contributed by atoms with Crippen molar-refractivity contribution in [2.75, 3.05) is 11.1 Å². The standard InChI is InChI=1S/C17H16FN5OS/c1-11-7-12(2)9-14(8-11)19-16(24)10-25-17-20-21-22-23(17)15-5-3-13(18)4-6-15/h3-9H,10H2,1-2H3,(H,19,24). The number of nitrogens with one attached hydrogen (secondary N) is 1. The maximum Gasteiger partial charge on any atom is 0.234 e. The van der Waals surface area contributed by atoms with Crippen LogP contribution in [0.1, 0.15) is 11.1 Å². The molecule has 0 unspecified atom stereocenters. The van der Waals surface area contributed by atoms with Crippen LogP contribution in [0.4, 0.5) is 10.1 Å². The quantitative estimate of drug-likeness (QED) is 0.710. The molecule has 0 aliphatic heterocycles. The molecule has 0 bridgehead atoms. The van der Waals surface area contributed by atoms with Gasteiger partial charge in [-0.15, -0.1) is 5.10 Å². The number of carbonyl (C=O) groups excluding carboxylic acids is 1. The molecule has 0 saturated heterocycles. The summed E-state index contributed by atoms with van der Waals surface area (Å²) in [5.74, 6) is -0.323. The number of thioether (sulfide) groups is 1. The minimum absolute atomic E-state index is 0.149. The van der Waals surface area contributed by atoms with E-state index in [9.17, 15) is 9.18 Å². The molecule has 1 amide bonds. The van der Waals surface area contributed by atoms with Gasteiger partial charge in [0.1, 0.15) is 5.82 Å². The van der Waals surface area contributed by atoms with Crippen molar-refractivity contribution < 1.29 is 9.18 Å². The first-order chi connectivity index (χ1) is 12.0. The zero-order valence-electron chi connectivity index (χ0n) is 13.7. The van der Waals surface area contributed by atoms with Crippen molar-refractivity contribution >= 4 is 23.4 Å². The summed E-state index contributed by atoms with van der Waals surface area (Å²) in [5.41, 5.74) is 3.57. The summed E-state index contributed by atoms with van der Waals surface area (Å²) in [5, 5.41) is 14.7. The number of tetrazole rings is 1. The number of rotatable bonds is 5. The van der Waals surface area contributed by atoms with E-state index in [1.165, 1.54) is 28.6 Å². The normalized spacial score (nSPS) is 10.7. The third-order valence-electron chi connectivity index (χ3n) is 3.35. The number of benzene rings is 2. The van der Waals surface area contributed by atoms with Crippen LogP contribution in [0.2, 0.25) is 0 Å². The molecule has 0 atom stereocenters. The highest BCUT2D eigenvalue weighted by atomic mass is 32.2. The zero-order chi connectivity index (χ0) is 17.8. The van der Waals surface area contributed by atoms with Crippen LogP contribution in [0, 0.1) is 19.7 Å². The van der Waals surface area contributed by atoms with Crippen molar-refractivity contribution in [1.82, 2.24) is 20.2 Å². The Kier molecular flexibility index (Phi) is 5.08. The molecule has 8 heteroatoms. The molecule has 0 aliphatic rings. The maximum absolute atomic E-state index is 13.0. The zero-order valence-corrected chi connectivity index (χ0v) is 14.5. The van der Waals surface area contributed by atoms with Crippen LogP contribution in [-0.4, -0.2) is 31.9 Å². The van der Waals surface area contributed by atoms with Gasteiger partial charge in [0.05, 0.1) is 11.4 Å². The summed E-state index contributed by atoms with van der Waals surface area (Å²) in [6.07, 6.45) is 0. The lowest BCUT2D eigenvalue weighted by atomic mass is 10.1. The average Bonchev–Trinajstić information content (AvgIpc) is 3.01.